The lowest BCUT2D eigenvalue weighted by molar-refractivity contribution is -0.384. The van der Waals surface area contributed by atoms with Gasteiger partial charge in [-0.3, -0.25) is 15.1 Å². The average Bonchev–Trinajstić information content (AvgIpc) is 2.50. The fraction of sp³-hybridized carbons (Fsp3) is 0. The molecule has 3 aromatic rings. The van der Waals surface area contributed by atoms with E-state index in [1.54, 1.807) is 18.2 Å². The summed E-state index contributed by atoms with van der Waals surface area (Å²) >= 11 is 5.99. The largest absolute Gasteiger partial charge is 0.455 e. The van der Waals surface area contributed by atoms with Crippen molar-refractivity contribution < 1.29 is 14.1 Å². The van der Waals surface area contributed by atoms with Crippen molar-refractivity contribution >= 4 is 28.2 Å². The normalized spacial score (nSPS) is 10.6. The Morgan fingerprint density at radius 1 is 1.18 bits per heavy atom. The van der Waals surface area contributed by atoms with E-state index in [1.807, 2.05) is 0 Å². The summed E-state index contributed by atoms with van der Waals surface area (Å²) in [6, 6.07) is 9.96. The second-order valence-corrected chi connectivity index (χ2v) is 4.83. The van der Waals surface area contributed by atoms with Crippen LogP contribution >= 0.6 is 11.6 Å². The summed E-state index contributed by atoms with van der Waals surface area (Å²) in [5.41, 5.74) is 0.0426. The van der Waals surface area contributed by atoms with Gasteiger partial charge in [0.25, 0.3) is 5.69 Å². The molecule has 0 unspecified atom stereocenters. The molecule has 3 rings (SSSR count). The average molecular weight is 319 g/mol. The Kier molecular flexibility index (Phi) is 3.60. The van der Waals surface area contributed by atoms with Crippen LogP contribution in [0.15, 0.2) is 48.7 Å². The number of halogens is 2. The highest BCUT2D eigenvalue weighted by Gasteiger charge is 2.13. The maximum absolute atomic E-state index is 13.7. The van der Waals surface area contributed by atoms with Gasteiger partial charge in [0.2, 0.25) is 0 Å². The molecule has 22 heavy (non-hydrogen) atoms. The minimum Gasteiger partial charge on any atom is -0.455 e. The van der Waals surface area contributed by atoms with Crippen LogP contribution in [0.3, 0.4) is 0 Å². The highest BCUT2D eigenvalue weighted by molar-refractivity contribution is 6.32. The van der Waals surface area contributed by atoms with Crippen molar-refractivity contribution in [1.82, 2.24) is 4.98 Å². The number of aromatic nitrogens is 1. The maximum Gasteiger partial charge on any atom is 0.271 e. The van der Waals surface area contributed by atoms with Crippen molar-refractivity contribution in [2.75, 3.05) is 0 Å². The molecule has 1 aromatic heterocycles. The molecule has 0 saturated heterocycles. The van der Waals surface area contributed by atoms with E-state index in [4.69, 9.17) is 16.3 Å². The van der Waals surface area contributed by atoms with E-state index in [-0.39, 0.29) is 22.0 Å². The number of pyridine rings is 1. The van der Waals surface area contributed by atoms with Crippen LogP contribution < -0.4 is 4.74 Å². The van der Waals surface area contributed by atoms with Crippen molar-refractivity contribution in [3.63, 3.8) is 0 Å². The number of nitro groups is 1. The molecule has 0 aliphatic carbocycles. The summed E-state index contributed by atoms with van der Waals surface area (Å²) in [7, 11) is 0. The lowest BCUT2D eigenvalue weighted by atomic mass is 10.2. The van der Waals surface area contributed by atoms with Gasteiger partial charge >= 0.3 is 0 Å². The lowest BCUT2D eigenvalue weighted by Crippen LogP contribution is -1.92. The smallest absolute Gasteiger partial charge is 0.271 e. The van der Waals surface area contributed by atoms with Crippen molar-refractivity contribution in [3.05, 3.63) is 69.6 Å². The zero-order valence-electron chi connectivity index (χ0n) is 11.0. The fourth-order valence-electron chi connectivity index (χ4n) is 2.01. The number of hydrogen-bond acceptors (Lipinski definition) is 4. The second-order valence-electron chi connectivity index (χ2n) is 4.42. The van der Waals surface area contributed by atoms with Gasteiger partial charge in [-0.25, -0.2) is 4.39 Å². The monoisotopic (exact) mass is 318 g/mol. The molecule has 0 radical (unpaired) electrons. The number of rotatable bonds is 3. The second kappa shape index (κ2) is 5.57. The number of benzene rings is 2. The van der Waals surface area contributed by atoms with E-state index in [0.29, 0.717) is 11.1 Å². The third kappa shape index (κ3) is 2.56. The predicted molar refractivity (Wildman–Crippen MR) is 79.9 cm³/mol. The van der Waals surface area contributed by atoms with E-state index in [9.17, 15) is 14.5 Å². The SMILES string of the molecule is O=[N+]([O-])c1ccc(Oc2ccnc3c(F)cccc23)c(Cl)c1. The number of fused-ring (bicyclic) bond motifs is 1. The standard InChI is InChI=1S/C15H8ClFN2O3/c16-11-8-9(19(20)21)4-5-14(11)22-13-6-7-18-15-10(13)2-1-3-12(15)17/h1-8H. The molecule has 5 nitrogen and oxygen atoms in total. The van der Waals surface area contributed by atoms with Crippen LogP contribution in [0.25, 0.3) is 10.9 Å². The fourth-order valence-corrected chi connectivity index (χ4v) is 2.22. The summed E-state index contributed by atoms with van der Waals surface area (Å²) < 4.78 is 19.4. The topological polar surface area (TPSA) is 65.3 Å². The summed E-state index contributed by atoms with van der Waals surface area (Å²) in [5, 5.41) is 11.3. The van der Waals surface area contributed by atoms with Crippen LogP contribution in [0.5, 0.6) is 11.5 Å². The van der Waals surface area contributed by atoms with Crippen molar-refractivity contribution in [3.8, 4) is 11.5 Å². The molecule has 0 fully saturated rings. The maximum atomic E-state index is 13.7. The van der Waals surface area contributed by atoms with Crippen molar-refractivity contribution in [1.29, 1.82) is 0 Å². The molecule has 0 saturated carbocycles. The van der Waals surface area contributed by atoms with Gasteiger partial charge in [0.15, 0.2) is 0 Å². The van der Waals surface area contributed by atoms with Gasteiger partial charge in [-0.15, -0.1) is 0 Å². The molecule has 110 valence electrons. The van der Waals surface area contributed by atoms with Gasteiger partial charge < -0.3 is 4.74 Å². The van der Waals surface area contributed by atoms with Crippen LogP contribution in [0.2, 0.25) is 5.02 Å². The minimum absolute atomic E-state index is 0.0931. The molecule has 2 aromatic carbocycles. The summed E-state index contributed by atoms with van der Waals surface area (Å²) in [4.78, 5) is 14.1. The predicted octanol–water partition coefficient (Wildman–Crippen LogP) is 4.73. The van der Waals surface area contributed by atoms with Crippen LogP contribution in [0.1, 0.15) is 0 Å². The Morgan fingerprint density at radius 2 is 2.00 bits per heavy atom. The minimum atomic E-state index is -0.549. The zero-order valence-corrected chi connectivity index (χ0v) is 11.7. The van der Waals surface area contributed by atoms with E-state index >= 15 is 0 Å². The Morgan fingerprint density at radius 3 is 2.73 bits per heavy atom. The molecule has 0 aliphatic heterocycles. The Hall–Kier alpha value is -2.73. The van der Waals surface area contributed by atoms with Gasteiger partial charge in [-0.2, -0.15) is 0 Å². The molecule has 0 aliphatic rings. The first-order valence-electron chi connectivity index (χ1n) is 6.21. The lowest BCUT2D eigenvalue weighted by Gasteiger charge is -2.10. The molecule has 0 N–H and O–H groups in total. The molecular weight excluding hydrogens is 311 g/mol. The van der Waals surface area contributed by atoms with Gasteiger partial charge in [0.05, 0.1) is 9.95 Å². The number of hydrogen-bond donors (Lipinski definition) is 0. The Labute approximate surface area is 129 Å². The quantitative estimate of drug-likeness (QED) is 0.517. The molecule has 7 heteroatoms. The number of para-hydroxylation sites is 1. The molecule has 0 spiro atoms. The summed E-state index contributed by atoms with van der Waals surface area (Å²) in [6.45, 7) is 0. The third-order valence-corrected chi connectivity index (χ3v) is 3.32. The van der Waals surface area contributed by atoms with Gasteiger partial charge in [-0.1, -0.05) is 17.7 Å². The summed E-state index contributed by atoms with van der Waals surface area (Å²) in [6.07, 6.45) is 1.42. The van der Waals surface area contributed by atoms with E-state index < -0.39 is 10.7 Å². The zero-order chi connectivity index (χ0) is 15.7. The molecular formula is C15H8ClFN2O3. The van der Waals surface area contributed by atoms with Crippen molar-refractivity contribution in [2.24, 2.45) is 0 Å². The number of nitro benzene ring substituents is 1. The first kappa shape index (κ1) is 14.2. The Bertz CT molecular complexity index is 886. The van der Waals surface area contributed by atoms with Gasteiger partial charge in [0, 0.05) is 23.7 Å². The van der Waals surface area contributed by atoms with Crippen LogP contribution in [0.4, 0.5) is 10.1 Å². The Balaban J connectivity index is 2.04. The van der Waals surface area contributed by atoms with Crippen LogP contribution in [0, 0.1) is 15.9 Å². The van der Waals surface area contributed by atoms with Gasteiger partial charge in [-0.05, 0) is 24.3 Å². The first-order valence-corrected chi connectivity index (χ1v) is 6.59. The van der Waals surface area contributed by atoms with Crippen molar-refractivity contribution in [2.45, 2.75) is 0 Å². The molecule has 0 atom stereocenters. The third-order valence-electron chi connectivity index (χ3n) is 3.03. The highest BCUT2D eigenvalue weighted by atomic mass is 35.5. The molecule has 0 bridgehead atoms. The van der Waals surface area contributed by atoms with Gasteiger partial charge in [0.1, 0.15) is 22.8 Å². The number of non-ortho nitro benzene ring substituents is 1. The number of nitrogens with zero attached hydrogens (tertiary/aromatic N) is 2. The first-order chi connectivity index (χ1) is 10.6. The van der Waals surface area contributed by atoms with Crippen LogP contribution in [-0.2, 0) is 0 Å². The molecule has 1 heterocycles. The van der Waals surface area contributed by atoms with E-state index in [0.717, 1.165) is 0 Å². The van der Waals surface area contributed by atoms with E-state index in [1.165, 1.54) is 30.5 Å². The number of ether oxygens (including phenoxy) is 1. The van der Waals surface area contributed by atoms with E-state index in [2.05, 4.69) is 4.98 Å². The van der Waals surface area contributed by atoms with Crippen LogP contribution in [-0.4, -0.2) is 9.91 Å². The summed E-state index contributed by atoms with van der Waals surface area (Å²) in [5.74, 6) is 0.141. The molecule has 0 amide bonds. The highest BCUT2D eigenvalue weighted by Crippen LogP contribution is 2.35.